The van der Waals surface area contributed by atoms with E-state index in [1.54, 1.807) is 31.7 Å². The SMILES string of the molecule is CC(C)(C)OC(=O)N1C2CCC(C2)C1C(=O)N[C@H](C#N)Cc1ccc(N2CC3(C2)CN(C2COC2)C3)cc1F. The summed E-state index contributed by atoms with van der Waals surface area (Å²) < 4.78 is 26.0. The van der Waals surface area contributed by atoms with Crippen LogP contribution in [0.2, 0.25) is 0 Å². The number of nitrogens with zero attached hydrogens (tertiary/aromatic N) is 4. The maximum absolute atomic E-state index is 15.1. The van der Waals surface area contributed by atoms with E-state index in [0.29, 0.717) is 17.0 Å². The zero-order valence-electron chi connectivity index (χ0n) is 23.0. The molecule has 0 aromatic heterocycles. The number of rotatable bonds is 6. The highest BCUT2D eigenvalue weighted by molar-refractivity contribution is 5.87. The number of fused-ring (bicyclic) bond motifs is 2. The second-order valence-electron chi connectivity index (χ2n) is 13.2. The third-order valence-electron chi connectivity index (χ3n) is 9.02. The molecule has 1 aromatic carbocycles. The number of anilines is 1. The maximum Gasteiger partial charge on any atom is 0.411 e. The number of carbonyl (C=O) groups is 2. The lowest BCUT2D eigenvalue weighted by Crippen LogP contribution is -2.75. The number of halogens is 1. The Labute approximate surface area is 229 Å². The summed E-state index contributed by atoms with van der Waals surface area (Å²) in [5, 5.41) is 12.6. The summed E-state index contributed by atoms with van der Waals surface area (Å²) in [6.07, 6.45) is 2.03. The summed E-state index contributed by atoms with van der Waals surface area (Å²) >= 11 is 0. The van der Waals surface area contributed by atoms with Crippen molar-refractivity contribution in [3.8, 4) is 6.07 Å². The van der Waals surface area contributed by atoms with E-state index in [-0.39, 0.29) is 30.1 Å². The molecule has 1 N–H and O–H groups in total. The highest BCUT2D eigenvalue weighted by Gasteiger charge is 2.54. The molecule has 4 heterocycles. The van der Waals surface area contributed by atoms with E-state index in [4.69, 9.17) is 9.47 Å². The van der Waals surface area contributed by atoms with Gasteiger partial charge in [-0.15, -0.1) is 0 Å². The first-order valence-corrected chi connectivity index (χ1v) is 14.1. The molecule has 1 aliphatic carbocycles. The lowest BCUT2D eigenvalue weighted by Gasteiger charge is -2.63. The summed E-state index contributed by atoms with van der Waals surface area (Å²) in [5.74, 6) is -0.701. The molecule has 6 rings (SSSR count). The van der Waals surface area contributed by atoms with E-state index in [2.05, 4.69) is 21.2 Å². The molecule has 4 aliphatic heterocycles. The fraction of sp³-hybridized carbons (Fsp3) is 0.690. The van der Waals surface area contributed by atoms with Gasteiger partial charge in [0.15, 0.2) is 0 Å². The van der Waals surface area contributed by atoms with Crippen LogP contribution in [-0.2, 0) is 20.7 Å². The number of benzene rings is 1. The highest BCUT2D eigenvalue weighted by atomic mass is 19.1. The van der Waals surface area contributed by atoms with Crippen molar-refractivity contribution in [1.82, 2.24) is 15.1 Å². The summed E-state index contributed by atoms with van der Waals surface area (Å²) in [5.41, 5.74) is 0.879. The second kappa shape index (κ2) is 9.63. The van der Waals surface area contributed by atoms with Crippen molar-refractivity contribution in [3.05, 3.63) is 29.6 Å². The number of amides is 2. The van der Waals surface area contributed by atoms with Crippen molar-refractivity contribution in [2.75, 3.05) is 44.3 Å². The Morgan fingerprint density at radius 1 is 1.21 bits per heavy atom. The molecule has 5 fully saturated rings. The zero-order chi connectivity index (χ0) is 27.5. The summed E-state index contributed by atoms with van der Waals surface area (Å²) in [6, 6.07) is 6.24. The van der Waals surface area contributed by atoms with Gasteiger partial charge in [-0.05, 0) is 63.6 Å². The second-order valence-corrected chi connectivity index (χ2v) is 13.2. The Bertz CT molecular complexity index is 1180. The fourth-order valence-electron chi connectivity index (χ4n) is 7.06. The van der Waals surface area contributed by atoms with Gasteiger partial charge < -0.3 is 19.7 Å². The number of nitrogens with one attached hydrogen (secondary N) is 1. The van der Waals surface area contributed by atoms with E-state index in [1.807, 2.05) is 6.07 Å². The van der Waals surface area contributed by atoms with Crippen molar-refractivity contribution >= 4 is 17.7 Å². The minimum atomic E-state index is -0.902. The van der Waals surface area contributed by atoms with Crippen LogP contribution in [0.5, 0.6) is 0 Å². The van der Waals surface area contributed by atoms with Crippen molar-refractivity contribution in [3.63, 3.8) is 0 Å². The van der Waals surface area contributed by atoms with E-state index >= 15 is 4.39 Å². The topological polar surface area (TPSA) is 98.1 Å². The van der Waals surface area contributed by atoms with Gasteiger partial charge >= 0.3 is 6.09 Å². The van der Waals surface area contributed by atoms with Gasteiger partial charge in [-0.25, -0.2) is 9.18 Å². The number of nitriles is 1. The normalized spacial score (nSPS) is 28.3. The molecule has 0 radical (unpaired) electrons. The Kier molecular flexibility index (Phi) is 6.50. The van der Waals surface area contributed by atoms with Gasteiger partial charge in [0.2, 0.25) is 5.91 Å². The number of hydrogen-bond donors (Lipinski definition) is 1. The molecule has 1 saturated carbocycles. The average molecular weight is 540 g/mol. The van der Waals surface area contributed by atoms with Crippen LogP contribution in [-0.4, -0.2) is 91.0 Å². The Morgan fingerprint density at radius 2 is 1.95 bits per heavy atom. The fourth-order valence-corrected chi connectivity index (χ4v) is 7.06. The van der Waals surface area contributed by atoms with E-state index in [9.17, 15) is 14.9 Å². The monoisotopic (exact) mass is 539 g/mol. The first-order valence-electron chi connectivity index (χ1n) is 14.1. The van der Waals surface area contributed by atoms with E-state index in [1.165, 1.54) is 6.07 Å². The van der Waals surface area contributed by atoms with Crippen molar-refractivity contribution in [2.24, 2.45) is 11.3 Å². The summed E-state index contributed by atoms with van der Waals surface area (Å²) in [6.45, 7) is 11.1. The molecule has 210 valence electrons. The molecular weight excluding hydrogens is 501 g/mol. The Hall–Kier alpha value is -2.90. The number of piperidine rings is 1. The summed E-state index contributed by atoms with van der Waals surface area (Å²) in [7, 11) is 0. The number of hydrogen-bond acceptors (Lipinski definition) is 7. The molecule has 3 unspecified atom stereocenters. The smallest absolute Gasteiger partial charge is 0.411 e. The number of ether oxygens (including phenoxy) is 2. The standard InChI is InChI=1S/C29H38FN5O4/c1-28(2,3)39-27(37)35-22-7-5-19(9-22)25(35)26(36)32-20(11-31)8-18-4-6-21(10-24(18)30)33-14-29(15-33)16-34(17-29)23-12-38-13-23/h4,6,10,19-20,22-23,25H,5,7-9,12-17H2,1-3H3,(H,32,36)/t19?,20-,22?,25?/m0/s1. The van der Waals surface area contributed by atoms with Crippen LogP contribution in [0.15, 0.2) is 18.2 Å². The van der Waals surface area contributed by atoms with Crippen LogP contribution in [0.1, 0.15) is 45.6 Å². The summed E-state index contributed by atoms with van der Waals surface area (Å²) in [4.78, 5) is 32.4. The molecule has 9 nitrogen and oxygen atoms in total. The van der Waals surface area contributed by atoms with Crippen LogP contribution >= 0.6 is 0 Å². The van der Waals surface area contributed by atoms with E-state index in [0.717, 1.165) is 64.3 Å². The molecule has 2 amide bonds. The van der Waals surface area contributed by atoms with Crippen molar-refractivity contribution in [1.29, 1.82) is 5.26 Å². The molecular formula is C29H38FN5O4. The maximum atomic E-state index is 15.1. The van der Waals surface area contributed by atoms with Gasteiger partial charge in [0.05, 0.1) is 25.3 Å². The molecule has 1 aromatic rings. The molecule has 4 atom stereocenters. The molecule has 2 bridgehead atoms. The van der Waals surface area contributed by atoms with Gasteiger partial charge in [0.1, 0.15) is 23.5 Å². The van der Waals surface area contributed by atoms with Crippen LogP contribution < -0.4 is 10.2 Å². The predicted molar refractivity (Wildman–Crippen MR) is 141 cm³/mol. The lowest BCUT2D eigenvalue weighted by atomic mass is 9.71. The van der Waals surface area contributed by atoms with Gasteiger partial charge in [0, 0.05) is 49.7 Å². The third kappa shape index (κ3) is 4.95. The van der Waals surface area contributed by atoms with Crippen LogP contribution in [0.4, 0.5) is 14.9 Å². The zero-order valence-corrected chi connectivity index (χ0v) is 23.0. The van der Waals surface area contributed by atoms with Crippen LogP contribution in [0, 0.1) is 28.5 Å². The number of carbonyl (C=O) groups excluding carboxylic acids is 2. The largest absolute Gasteiger partial charge is 0.444 e. The number of likely N-dealkylation sites (tertiary alicyclic amines) is 2. The van der Waals surface area contributed by atoms with Gasteiger partial charge in [0.25, 0.3) is 0 Å². The van der Waals surface area contributed by atoms with Crippen LogP contribution in [0.25, 0.3) is 0 Å². The van der Waals surface area contributed by atoms with Crippen molar-refractivity contribution in [2.45, 2.75) is 76.2 Å². The quantitative estimate of drug-likeness (QED) is 0.594. The lowest BCUT2D eigenvalue weighted by molar-refractivity contribution is -0.137. The molecule has 10 heteroatoms. The first kappa shape index (κ1) is 26.3. The minimum Gasteiger partial charge on any atom is -0.444 e. The predicted octanol–water partition coefficient (Wildman–Crippen LogP) is 2.69. The van der Waals surface area contributed by atoms with Gasteiger partial charge in [-0.3, -0.25) is 14.6 Å². The molecule has 1 spiro atoms. The van der Waals surface area contributed by atoms with Gasteiger partial charge in [-0.2, -0.15) is 5.26 Å². The molecule has 5 aliphatic rings. The first-order chi connectivity index (χ1) is 18.5. The van der Waals surface area contributed by atoms with E-state index < -0.39 is 23.8 Å². The molecule has 39 heavy (non-hydrogen) atoms. The van der Waals surface area contributed by atoms with Crippen LogP contribution in [0.3, 0.4) is 0 Å². The van der Waals surface area contributed by atoms with Crippen molar-refractivity contribution < 1.29 is 23.5 Å². The Balaban J connectivity index is 1.05. The highest BCUT2D eigenvalue weighted by Crippen LogP contribution is 2.44. The average Bonchev–Trinajstić information content (AvgIpc) is 3.40. The minimum absolute atomic E-state index is 0.0259. The molecule has 4 saturated heterocycles. The Morgan fingerprint density at radius 3 is 2.56 bits per heavy atom. The third-order valence-corrected chi connectivity index (χ3v) is 9.02. The van der Waals surface area contributed by atoms with Gasteiger partial charge in [-0.1, -0.05) is 6.07 Å².